The zero-order valence-electron chi connectivity index (χ0n) is 12.7. The van der Waals surface area contributed by atoms with Crippen LogP contribution in [-0.2, 0) is 17.9 Å². The normalized spacial score (nSPS) is 11.2. The van der Waals surface area contributed by atoms with Crippen LogP contribution in [0.1, 0.15) is 11.4 Å². The number of aromatic nitrogens is 5. The molecule has 3 aromatic heterocycles. The number of nitrogens with one attached hydrogen (secondary N) is 1. The monoisotopic (exact) mass is 336 g/mol. The second-order valence-corrected chi connectivity index (χ2v) is 4.75. The lowest BCUT2D eigenvalue weighted by Gasteiger charge is -2.10. The van der Waals surface area contributed by atoms with Gasteiger partial charge in [-0.05, 0) is 12.1 Å². The third-order valence-electron chi connectivity index (χ3n) is 3.07. The molecule has 0 saturated carbocycles. The maximum Gasteiger partial charge on any atom is 0.387 e. The van der Waals surface area contributed by atoms with Gasteiger partial charge in [0.15, 0.2) is 0 Å². The first kappa shape index (κ1) is 16.0. The predicted octanol–water partition coefficient (Wildman–Crippen LogP) is 1.88. The van der Waals surface area contributed by atoms with Crippen LogP contribution in [0.5, 0.6) is 5.75 Å². The Balaban J connectivity index is 1.74. The molecule has 0 fully saturated rings. The fourth-order valence-corrected chi connectivity index (χ4v) is 2.08. The van der Waals surface area contributed by atoms with E-state index in [1.165, 1.54) is 18.6 Å². The van der Waals surface area contributed by atoms with Gasteiger partial charge in [-0.3, -0.25) is 4.98 Å². The molecule has 0 unspecified atom stereocenters. The lowest BCUT2D eigenvalue weighted by molar-refractivity contribution is -0.0500. The van der Waals surface area contributed by atoms with Crippen LogP contribution in [0.4, 0.5) is 14.6 Å². The smallest absolute Gasteiger partial charge is 0.387 e. The molecule has 3 aromatic rings. The lowest BCUT2D eigenvalue weighted by Crippen LogP contribution is -2.09. The molecule has 1 N–H and O–H groups in total. The Labute approximate surface area is 135 Å². The van der Waals surface area contributed by atoms with Crippen LogP contribution in [0.2, 0.25) is 0 Å². The molecule has 0 aliphatic rings. The summed E-state index contributed by atoms with van der Waals surface area (Å²) in [6.07, 6.45) is 2.65. The third-order valence-corrected chi connectivity index (χ3v) is 3.07. The Bertz CT molecular complexity index is 809. The highest BCUT2D eigenvalue weighted by Crippen LogP contribution is 2.15. The van der Waals surface area contributed by atoms with Gasteiger partial charge in [0.05, 0.1) is 30.7 Å². The Morgan fingerprint density at radius 1 is 1.25 bits per heavy atom. The highest BCUT2D eigenvalue weighted by atomic mass is 19.3. The average molecular weight is 336 g/mol. The van der Waals surface area contributed by atoms with Gasteiger partial charge in [-0.15, -0.1) is 0 Å². The maximum atomic E-state index is 12.1. The van der Waals surface area contributed by atoms with Crippen molar-refractivity contribution in [1.29, 1.82) is 0 Å². The number of rotatable bonds is 7. The van der Waals surface area contributed by atoms with Crippen molar-refractivity contribution in [3.63, 3.8) is 0 Å². The van der Waals surface area contributed by atoms with Gasteiger partial charge in [0, 0.05) is 13.2 Å². The van der Waals surface area contributed by atoms with Crippen molar-refractivity contribution in [2.45, 2.75) is 19.8 Å². The van der Waals surface area contributed by atoms with Crippen LogP contribution in [-0.4, -0.2) is 38.3 Å². The molecule has 10 heteroatoms. The van der Waals surface area contributed by atoms with E-state index in [2.05, 4.69) is 30.1 Å². The second kappa shape index (κ2) is 7.13. The minimum atomic E-state index is -2.87. The molecule has 0 bridgehead atoms. The Hall–Kier alpha value is -2.88. The Kier molecular flexibility index (Phi) is 4.75. The molecule has 0 atom stereocenters. The van der Waals surface area contributed by atoms with E-state index < -0.39 is 6.61 Å². The standard InChI is InChI=1S/C14H14F2N6O2/c1-23-7-10-4-12(22-14(21-10)19-8-20-22)18-5-9-2-3-11(6-17-9)24-13(15)16/h2-4,6,8,13,18H,5,7H2,1H3. The number of hydrogen-bond donors (Lipinski definition) is 1. The molecule has 8 nitrogen and oxygen atoms in total. The highest BCUT2D eigenvalue weighted by molar-refractivity contribution is 5.45. The van der Waals surface area contributed by atoms with Crippen LogP contribution < -0.4 is 10.1 Å². The quantitative estimate of drug-likeness (QED) is 0.705. The molecule has 24 heavy (non-hydrogen) atoms. The lowest BCUT2D eigenvalue weighted by atomic mass is 10.3. The number of alkyl halides is 2. The summed E-state index contributed by atoms with van der Waals surface area (Å²) in [6, 6.07) is 4.82. The summed E-state index contributed by atoms with van der Waals surface area (Å²) >= 11 is 0. The summed E-state index contributed by atoms with van der Waals surface area (Å²) in [5.41, 5.74) is 1.35. The average Bonchev–Trinajstić information content (AvgIpc) is 3.02. The van der Waals surface area contributed by atoms with Crippen molar-refractivity contribution >= 4 is 11.6 Å². The summed E-state index contributed by atoms with van der Waals surface area (Å²) in [7, 11) is 1.58. The predicted molar refractivity (Wildman–Crippen MR) is 79.7 cm³/mol. The Morgan fingerprint density at radius 2 is 2.12 bits per heavy atom. The number of fused-ring (bicyclic) bond motifs is 1. The fraction of sp³-hybridized carbons (Fsp3) is 0.286. The van der Waals surface area contributed by atoms with E-state index in [1.54, 1.807) is 23.8 Å². The van der Waals surface area contributed by atoms with Gasteiger partial charge < -0.3 is 14.8 Å². The molecule has 0 aromatic carbocycles. The molecular formula is C14H14F2N6O2. The minimum Gasteiger partial charge on any atom is -0.433 e. The highest BCUT2D eigenvalue weighted by Gasteiger charge is 2.08. The van der Waals surface area contributed by atoms with Crippen LogP contribution in [0.15, 0.2) is 30.7 Å². The molecule has 0 radical (unpaired) electrons. The van der Waals surface area contributed by atoms with Gasteiger partial charge in [-0.2, -0.15) is 23.4 Å². The molecule has 0 amide bonds. The van der Waals surface area contributed by atoms with E-state index >= 15 is 0 Å². The molecule has 3 heterocycles. The number of nitrogens with zero attached hydrogens (tertiary/aromatic N) is 5. The van der Waals surface area contributed by atoms with Crippen LogP contribution in [0, 0.1) is 0 Å². The summed E-state index contributed by atoms with van der Waals surface area (Å²) < 4.78 is 35.1. The first-order valence-electron chi connectivity index (χ1n) is 6.98. The van der Waals surface area contributed by atoms with Crippen molar-refractivity contribution in [3.05, 3.63) is 42.1 Å². The Morgan fingerprint density at radius 3 is 2.83 bits per heavy atom. The molecule has 3 rings (SSSR count). The molecule has 0 spiro atoms. The zero-order valence-corrected chi connectivity index (χ0v) is 12.7. The summed E-state index contributed by atoms with van der Waals surface area (Å²) in [5.74, 6) is 1.12. The van der Waals surface area contributed by atoms with E-state index in [1.807, 2.05) is 0 Å². The van der Waals surface area contributed by atoms with E-state index in [4.69, 9.17) is 4.74 Å². The second-order valence-electron chi connectivity index (χ2n) is 4.75. The maximum absolute atomic E-state index is 12.1. The first-order valence-corrected chi connectivity index (χ1v) is 6.98. The van der Waals surface area contributed by atoms with Crippen molar-refractivity contribution in [2.75, 3.05) is 12.4 Å². The number of ether oxygens (including phenoxy) is 2. The third kappa shape index (κ3) is 3.71. The summed E-state index contributed by atoms with van der Waals surface area (Å²) in [6.45, 7) is -2.16. The van der Waals surface area contributed by atoms with Crippen LogP contribution in [0.3, 0.4) is 0 Å². The van der Waals surface area contributed by atoms with Gasteiger partial charge >= 0.3 is 6.61 Å². The first-order chi connectivity index (χ1) is 11.7. The number of hydrogen-bond acceptors (Lipinski definition) is 7. The molecule has 0 aliphatic carbocycles. The van der Waals surface area contributed by atoms with E-state index in [9.17, 15) is 8.78 Å². The summed E-state index contributed by atoms with van der Waals surface area (Å²) in [5, 5.41) is 7.26. The SMILES string of the molecule is COCc1cc(NCc2ccc(OC(F)F)cn2)n2ncnc2n1. The number of pyridine rings is 1. The number of halogens is 2. The largest absolute Gasteiger partial charge is 0.433 e. The van der Waals surface area contributed by atoms with E-state index in [0.29, 0.717) is 36.1 Å². The molecule has 0 saturated heterocycles. The van der Waals surface area contributed by atoms with E-state index in [-0.39, 0.29) is 5.75 Å². The van der Waals surface area contributed by atoms with Gasteiger partial charge in [-0.1, -0.05) is 0 Å². The van der Waals surface area contributed by atoms with Crippen molar-refractivity contribution < 1.29 is 18.3 Å². The molecular weight excluding hydrogens is 322 g/mol. The minimum absolute atomic E-state index is 0.0127. The van der Waals surface area contributed by atoms with Gasteiger partial charge in [-0.25, -0.2) is 4.98 Å². The van der Waals surface area contributed by atoms with Crippen molar-refractivity contribution in [3.8, 4) is 5.75 Å². The van der Waals surface area contributed by atoms with Crippen LogP contribution in [0.25, 0.3) is 5.78 Å². The molecule has 126 valence electrons. The van der Waals surface area contributed by atoms with Gasteiger partial charge in [0.2, 0.25) is 0 Å². The summed E-state index contributed by atoms with van der Waals surface area (Å²) in [4.78, 5) is 12.4. The zero-order chi connectivity index (χ0) is 16.9. The number of anilines is 1. The van der Waals surface area contributed by atoms with Gasteiger partial charge in [0.1, 0.15) is 17.9 Å². The van der Waals surface area contributed by atoms with Crippen LogP contribution >= 0.6 is 0 Å². The molecule has 0 aliphatic heterocycles. The van der Waals surface area contributed by atoms with Crippen molar-refractivity contribution in [2.24, 2.45) is 0 Å². The topological polar surface area (TPSA) is 86.5 Å². The van der Waals surface area contributed by atoms with Gasteiger partial charge in [0.25, 0.3) is 5.78 Å². The van der Waals surface area contributed by atoms with E-state index in [0.717, 1.165) is 0 Å². The number of methoxy groups -OCH3 is 1. The fourth-order valence-electron chi connectivity index (χ4n) is 2.08. The van der Waals surface area contributed by atoms with Crippen molar-refractivity contribution in [1.82, 2.24) is 24.6 Å².